The van der Waals surface area contributed by atoms with Crippen LogP contribution in [-0.2, 0) is 4.79 Å². The highest BCUT2D eigenvalue weighted by Crippen LogP contribution is 2.36. The second-order valence-corrected chi connectivity index (χ2v) is 6.96. The molecule has 1 aromatic carbocycles. The van der Waals surface area contributed by atoms with Gasteiger partial charge in [0.2, 0.25) is 0 Å². The number of rotatable bonds is 5. The average Bonchev–Trinajstić information content (AvgIpc) is 2.95. The van der Waals surface area contributed by atoms with Gasteiger partial charge >= 0.3 is 0 Å². The van der Waals surface area contributed by atoms with Crippen LogP contribution in [0.5, 0.6) is 11.5 Å². The van der Waals surface area contributed by atoms with Crippen molar-refractivity contribution in [2.75, 3.05) is 14.2 Å². The molecular formula is C18H15N3O4S2. The molecule has 0 unspecified atom stereocenters. The van der Waals surface area contributed by atoms with Gasteiger partial charge in [0.05, 0.1) is 24.7 Å². The molecule has 27 heavy (non-hydrogen) atoms. The maximum atomic E-state index is 12.7. The Kier molecular flexibility index (Phi) is 5.72. The number of ether oxygens (including phenoxy) is 2. The molecule has 0 radical (unpaired) electrons. The third-order valence-electron chi connectivity index (χ3n) is 3.65. The number of carbonyl (C=O) groups excluding carboxylic acids is 2. The minimum atomic E-state index is -0.473. The highest BCUT2D eigenvalue weighted by molar-refractivity contribution is 8.26. The van der Waals surface area contributed by atoms with Crippen molar-refractivity contribution in [3.8, 4) is 11.5 Å². The van der Waals surface area contributed by atoms with Gasteiger partial charge in [0.1, 0.15) is 0 Å². The molecule has 1 aliphatic heterocycles. The van der Waals surface area contributed by atoms with Gasteiger partial charge in [0.25, 0.3) is 11.8 Å². The molecule has 7 nitrogen and oxygen atoms in total. The zero-order chi connectivity index (χ0) is 19.4. The summed E-state index contributed by atoms with van der Waals surface area (Å²) in [4.78, 5) is 29.2. The van der Waals surface area contributed by atoms with E-state index in [4.69, 9.17) is 21.7 Å². The van der Waals surface area contributed by atoms with Crippen LogP contribution in [0.4, 0.5) is 0 Å². The van der Waals surface area contributed by atoms with Crippen molar-refractivity contribution < 1.29 is 19.1 Å². The fourth-order valence-corrected chi connectivity index (χ4v) is 3.56. The summed E-state index contributed by atoms with van der Waals surface area (Å²) in [6, 6.07) is 8.57. The number of benzene rings is 1. The van der Waals surface area contributed by atoms with E-state index in [0.29, 0.717) is 27.5 Å². The van der Waals surface area contributed by atoms with Gasteiger partial charge in [0.15, 0.2) is 15.8 Å². The van der Waals surface area contributed by atoms with Crippen molar-refractivity contribution in [2.24, 2.45) is 0 Å². The largest absolute Gasteiger partial charge is 0.493 e. The van der Waals surface area contributed by atoms with Crippen molar-refractivity contribution in [2.45, 2.75) is 0 Å². The summed E-state index contributed by atoms with van der Waals surface area (Å²) in [7, 11) is 3.06. The Morgan fingerprint density at radius 1 is 1.26 bits per heavy atom. The predicted octanol–water partition coefficient (Wildman–Crippen LogP) is 2.65. The molecule has 1 aromatic heterocycles. The fraction of sp³-hybridized carbons (Fsp3) is 0.111. The molecule has 2 aromatic rings. The number of hydrazine groups is 1. The normalized spacial score (nSPS) is 15.2. The van der Waals surface area contributed by atoms with Crippen LogP contribution in [0, 0.1) is 0 Å². The highest BCUT2D eigenvalue weighted by Gasteiger charge is 2.34. The van der Waals surface area contributed by atoms with Crippen LogP contribution < -0.4 is 14.9 Å². The summed E-state index contributed by atoms with van der Waals surface area (Å²) in [6.07, 6.45) is 4.61. The zero-order valence-corrected chi connectivity index (χ0v) is 16.1. The Morgan fingerprint density at radius 3 is 2.74 bits per heavy atom. The van der Waals surface area contributed by atoms with Crippen molar-refractivity contribution in [1.82, 2.24) is 15.4 Å². The van der Waals surface area contributed by atoms with E-state index in [1.54, 1.807) is 42.6 Å². The standard InChI is InChI=1S/C18H15N3O4S2/c1-24-13-7-3-5-11(15(13)25-2)9-14-17(23)21(18(26)27-14)20-16(22)12-6-4-8-19-10-12/h3-10H,1-2H3,(H,20,22). The lowest BCUT2D eigenvalue weighted by atomic mass is 10.1. The Labute approximate surface area is 165 Å². The summed E-state index contributed by atoms with van der Waals surface area (Å²) in [5.74, 6) is 0.156. The first-order valence-electron chi connectivity index (χ1n) is 7.75. The van der Waals surface area contributed by atoms with Gasteiger partial charge < -0.3 is 9.47 Å². The molecule has 2 amide bonds. The van der Waals surface area contributed by atoms with Crippen molar-refractivity contribution in [1.29, 1.82) is 0 Å². The van der Waals surface area contributed by atoms with Gasteiger partial charge in [0, 0.05) is 18.0 Å². The number of hydrogen-bond donors (Lipinski definition) is 1. The number of nitrogens with zero attached hydrogens (tertiary/aromatic N) is 2. The minimum absolute atomic E-state index is 0.227. The van der Waals surface area contributed by atoms with E-state index in [-0.39, 0.29) is 4.32 Å². The molecule has 9 heteroatoms. The Hall–Kier alpha value is -2.91. The van der Waals surface area contributed by atoms with Crippen molar-refractivity contribution in [3.05, 3.63) is 58.8 Å². The molecule has 138 valence electrons. The second-order valence-electron chi connectivity index (χ2n) is 5.28. The van der Waals surface area contributed by atoms with Crippen molar-refractivity contribution in [3.63, 3.8) is 0 Å². The first-order chi connectivity index (χ1) is 13.0. The number of pyridine rings is 1. The molecule has 1 saturated heterocycles. The zero-order valence-electron chi connectivity index (χ0n) is 14.5. The lowest BCUT2D eigenvalue weighted by Crippen LogP contribution is -2.44. The van der Waals surface area contributed by atoms with Gasteiger partial charge in [-0.1, -0.05) is 23.9 Å². The number of thiocarbonyl (C=S) groups is 1. The van der Waals surface area contributed by atoms with Crippen LogP contribution in [0.2, 0.25) is 0 Å². The molecule has 0 spiro atoms. The lowest BCUT2D eigenvalue weighted by Gasteiger charge is -2.15. The number of methoxy groups -OCH3 is 2. The Morgan fingerprint density at radius 2 is 2.07 bits per heavy atom. The molecule has 0 bridgehead atoms. The molecule has 1 fully saturated rings. The summed E-state index contributed by atoms with van der Waals surface area (Å²) in [5.41, 5.74) is 3.49. The summed E-state index contributed by atoms with van der Waals surface area (Å²) in [6.45, 7) is 0. The minimum Gasteiger partial charge on any atom is -0.493 e. The number of aromatic nitrogens is 1. The molecular weight excluding hydrogens is 386 g/mol. The van der Waals surface area contributed by atoms with Crippen LogP contribution in [-0.4, -0.2) is 40.3 Å². The molecule has 0 atom stereocenters. The maximum Gasteiger partial charge on any atom is 0.285 e. The van der Waals surface area contributed by atoms with E-state index < -0.39 is 11.8 Å². The van der Waals surface area contributed by atoms with E-state index in [0.717, 1.165) is 16.8 Å². The van der Waals surface area contributed by atoms with Crippen molar-refractivity contribution >= 4 is 46.2 Å². The first-order valence-corrected chi connectivity index (χ1v) is 8.97. The molecule has 0 saturated carbocycles. The second kappa shape index (κ2) is 8.19. The molecule has 2 heterocycles. The van der Waals surface area contributed by atoms with E-state index >= 15 is 0 Å². The van der Waals surface area contributed by atoms with Gasteiger partial charge in [-0.2, -0.15) is 5.01 Å². The number of para-hydroxylation sites is 1. The van der Waals surface area contributed by atoms with Crippen LogP contribution >= 0.6 is 24.0 Å². The van der Waals surface area contributed by atoms with E-state index in [2.05, 4.69) is 10.4 Å². The number of hydrogen-bond acceptors (Lipinski definition) is 7. The number of nitrogens with one attached hydrogen (secondary N) is 1. The topological polar surface area (TPSA) is 80.8 Å². The Bertz CT molecular complexity index is 931. The molecule has 3 rings (SSSR count). The molecule has 0 aliphatic carbocycles. The monoisotopic (exact) mass is 401 g/mol. The van der Waals surface area contributed by atoms with Crippen LogP contribution in [0.15, 0.2) is 47.6 Å². The summed E-state index contributed by atoms with van der Waals surface area (Å²) < 4.78 is 10.9. The third-order valence-corrected chi connectivity index (χ3v) is 4.95. The van der Waals surface area contributed by atoms with Crippen LogP contribution in [0.1, 0.15) is 15.9 Å². The van der Waals surface area contributed by atoms with Gasteiger partial charge in [-0.25, -0.2) is 0 Å². The molecule has 1 N–H and O–H groups in total. The quantitative estimate of drug-likeness (QED) is 0.609. The van der Waals surface area contributed by atoms with Gasteiger partial charge in [-0.15, -0.1) is 0 Å². The number of carbonyl (C=O) groups is 2. The van der Waals surface area contributed by atoms with E-state index in [9.17, 15) is 9.59 Å². The Balaban J connectivity index is 1.84. The SMILES string of the molecule is COc1cccc(C=C2SC(=S)N(NC(=O)c3cccnc3)C2=O)c1OC. The van der Waals surface area contributed by atoms with Gasteiger partial charge in [-0.05, 0) is 36.5 Å². The van der Waals surface area contributed by atoms with Crippen LogP contribution in [0.25, 0.3) is 6.08 Å². The van der Waals surface area contributed by atoms with E-state index in [1.807, 2.05) is 0 Å². The van der Waals surface area contributed by atoms with Crippen LogP contribution in [0.3, 0.4) is 0 Å². The summed E-state index contributed by atoms with van der Waals surface area (Å²) >= 11 is 6.32. The third kappa shape index (κ3) is 3.93. The predicted molar refractivity (Wildman–Crippen MR) is 106 cm³/mol. The highest BCUT2D eigenvalue weighted by atomic mass is 32.2. The number of amides is 2. The number of thioether (sulfide) groups is 1. The smallest absolute Gasteiger partial charge is 0.285 e. The maximum absolute atomic E-state index is 12.7. The summed E-state index contributed by atoms with van der Waals surface area (Å²) in [5, 5.41) is 1.05. The first kappa shape index (κ1) is 18.9. The van der Waals surface area contributed by atoms with Gasteiger partial charge in [-0.3, -0.25) is 20.0 Å². The van der Waals surface area contributed by atoms with E-state index in [1.165, 1.54) is 20.4 Å². The fourth-order valence-electron chi connectivity index (χ4n) is 2.39. The molecule has 1 aliphatic rings. The average molecular weight is 401 g/mol. The lowest BCUT2D eigenvalue weighted by molar-refractivity contribution is -0.123.